The van der Waals surface area contributed by atoms with Crippen molar-refractivity contribution in [2.24, 2.45) is 5.41 Å². The molecular formula is C31H33N3O7. The van der Waals surface area contributed by atoms with Crippen LogP contribution in [0.1, 0.15) is 37.3 Å². The van der Waals surface area contributed by atoms with Crippen LogP contribution < -0.4 is 9.47 Å². The zero-order chi connectivity index (χ0) is 29.6. The van der Waals surface area contributed by atoms with E-state index in [0.29, 0.717) is 35.6 Å². The summed E-state index contributed by atoms with van der Waals surface area (Å²) in [6, 6.07) is 15.1. The van der Waals surface area contributed by atoms with Crippen molar-refractivity contribution in [2.75, 3.05) is 20.8 Å². The number of carbonyl (C=O) groups excluding carboxylic acids is 1. The molecule has 1 atom stereocenters. The molecule has 1 aliphatic heterocycles. The topological polar surface area (TPSA) is 131 Å². The van der Waals surface area contributed by atoms with Gasteiger partial charge in [-0.15, -0.1) is 0 Å². The highest BCUT2D eigenvalue weighted by atomic mass is 16.5. The van der Waals surface area contributed by atoms with Gasteiger partial charge in [-0.2, -0.15) is 5.10 Å². The van der Waals surface area contributed by atoms with Gasteiger partial charge in [-0.3, -0.25) is 9.59 Å². The molecule has 214 valence electrons. The van der Waals surface area contributed by atoms with Gasteiger partial charge in [0.05, 0.1) is 37.1 Å². The maximum atomic E-state index is 11.6. The van der Waals surface area contributed by atoms with Gasteiger partial charge in [0.2, 0.25) is 5.91 Å². The largest absolute Gasteiger partial charge is 0.496 e. The van der Waals surface area contributed by atoms with Crippen molar-refractivity contribution in [3.63, 3.8) is 0 Å². The number of aliphatic carboxylic acids is 2. The van der Waals surface area contributed by atoms with Crippen LogP contribution in [0.4, 0.5) is 0 Å². The number of carboxylic acids is 2. The predicted molar refractivity (Wildman–Crippen MR) is 152 cm³/mol. The van der Waals surface area contributed by atoms with Crippen LogP contribution >= 0.6 is 0 Å². The molecule has 41 heavy (non-hydrogen) atoms. The first-order chi connectivity index (χ1) is 19.6. The maximum absolute atomic E-state index is 11.6. The number of para-hydroxylation sites is 1. The predicted octanol–water partition coefficient (Wildman–Crippen LogP) is 4.59. The Hall–Kier alpha value is -4.86. The molecule has 0 saturated carbocycles. The van der Waals surface area contributed by atoms with Gasteiger partial charge in [0.15, 0.2) is 0 Å². The molecule has 2 N–H and O–H groups in total. The van der Waals surface area contributed by atoms with Crippen molar-refractivity contribution >= 4 is 23.4 Å². The SMILES string of the molecule is COc1cccc(OC)c1C1=CC(C)(C(=O)O)CC(C(=O)O)=C1.O=C1CCCN1Cc1cnn(-c2ccccc2)c1. The first-order valence-electron chi connectivity index (χ1n) is 13.1. The Morgan fingerprint density at radius 1 is 1.02 bits per heavy atom. The molecule has 1 fully saturated rings. The molecule has 2 aliphatic rings. The molecule has 2 aromatic carbocycles. The lowest BCUT2D eigenvalue weighted by Crippen LogP contribution is -2.29. The van der Waals surface area contributed by atoms with Crippen molar-refractivity contribution in [1.82, 2.24) is 14.7 Å². The summed E-state index contributed by atoms with van der Waals surface area (Å²) in [6.07, 6.45) is 8.41. The molecule has 3 aromatic rings. The van der Waals surface area contributed by atoms with E-state index in [-0.39, 0.29) is 17.9 Å². The minimum absolute atomic E-state index is 0.0281. The zero-order valence-electron chi connectivity index (χ0n) is 23.2. The van der Waals surface area contributed by atoms with E-state index in [1.165, 1.54) is 27.2 Å². The number of ether oxygens (including phenoxy) is 2. The number of methoxy groups -OCH3 is 2. The van der Waals surface area contributed by atoms with Crippen molar-refractivity contribution in [3.8, 4) is 17.2 Å². The number of carbonyl (C=O) groups is 3. The first kappa shape index (κ1) is 29.1. The van der Waals surface area contributed by atoms with Gasteiger partial charge in [-0.05, 0) is 55.7 Å². The lowest BCUT2D eigenvalue weighted by atomic mass is 9.76. The van der Waals surface area contributed by atoms with Gasteiger partial charge in [0.1, 0.15) is 11.5 Å². The summed E-state index contributed by atoms with van der Waals surface area (Å²) in [5, 5.41) is 23.1. The van der Waals surface area contributed by atoms with Crippen LogP contribution in [-0.2, 0) is 20.9 Å². The molecule has 0 spiro atoms. The summed E-state index contributed by atoms with van der Waals surface area (Å²) in [5.74, 6) is -1.02. The van der Waals surface area contributed by atoms with Crippen LogP contribution in [0, 0.1) is 5.41 Å². The highest BCUT2D eigenvalue weighted by molar-refractivity contribution is 5.97. The number of hydrogen-bond donors (Lipinski definition) is 2. The monoisotopic (exact) mass is 559 g/mol. The van der Waals surface area contributed by atoms with E-state index < -0.39 is 17.4 Å². The Labute approximate surface area is 238 Å². The standard InChI is InChI=1S/C17H18O6.C14H15N3O/c1-17(16(20)21)8-10(7-11(9-17)15(18)19)14-12(22-2)5-4-6-13(14)23-3;18-14-7-4-8-16(14)10-12-9-15-17(11-12)13-5-2-1-3-6-13/h4-8H,9H2,1-3H3,(H,18,19)(H,20,21);1-3,5-6,9,11H,4,7-8,10H2. The lowest BCUT2D eigenvalue weighted by Gasteiger charge is -2.27. The van der Waals surface area contributed by atoms with Gasteiger partial charge in [0, 0.05) is 36.8 Å². The highest BCUT2D eigenvalue weighted by Gasteiger charge is 2.37. The average molecular weight is 560 g/mol. The number of allylic oxidation sites excluding steroid dienone is 2. The van der Waals surface area contributed by atoms with E-state index in [1.807, 2.05) is 52.3 Å². The lowest BCUT2D eigenvalue weighted by molar-refractivity contribution is -0.145. The van der Waals surface area contributed by atoms with Crippen LogP contribution in [0.3, 0.4) is 0 Å². The van der Waals surface area contributed by atoms with Gasteiger partial charge in [-0.25, -0.2) is 9.48 Å². The number of carboxylic acid groups (broad SMARTS) is 2. The average Bonchev–Trinajstić information content (AvgIpc) is 3.62. The Kier molecular flexibility index (Phi) is 8.91. The van der Waals surface area contributed by atoms with Gasteiger partial charge in [-0.1, -0.05) is 30.3 Å². The second-order valence-corrected chi connectivity index (χ2v) is 10.1. The van der Waals surface area contributed by atoms with E-state index in [9.17, 15) is 24.6 Å². The number of nitrogens with zero attached hydrogens (tertiary/aromatic N) is 3. The quantitative estimate of drug-likeness (QED) is 0.410. The molecule has 10 heteroatoms. The third kappa shape index (κ3) is 6.66. The number of aromatic nitrogens is 2. The van der Waals surface area contributed by atoms with E-state index in [0.717, 1.165) is 24.2 Å². The molecule has 1 aromatic heterocycles. The number of rotatable bonds is 8. The number of amides is 1. The molecule has 5 rings (SSSR count). The van der Waals surface area contributed by atoms with E-state index in [1.54, 1.807) is 24.3 Å². The molecule has 1 unspecified atom stereocenters. The second-order valence-electron chi connectivity index (χ2n) is 10.1. The van der Waals surface area contributed by atoms with Gasteiger partial charge in [0.25, 0.3) is 0 Å². The molecule has 1 saturated heterocycles. The molecule has 1 aliphatic carbocycles. The van der Waals surface area contributed by atoms with E-state index in [2.05, 4.69) is 5.10 Å². The molecule has 10 nitrogen and oxygen atoms in total. The third-order valence-corrected chi connectivity index (χ3v) is 7.04. The normalized spacial score (nSPS) is 18.1. The van der Waals surface area contributed by atoms with Gasteiger partial charge >= 0.3 is 11.9 Å². The van der Waals surface area contributed by atoms with Crippen molar-refractivity contribution in [1.29, 1.82) is 0 Å². The van der Waals surface area contributed by atoms with Crippen LogP contribution in [-0.4, -0.2) is 63.5 Å². The van der Waals surface area contributed by atoms with E-state index in [4.69, 9.17) is 9.47 Å². The molecular weight excluding hydrogens is 526 g/mol. The highest BCUT2D eigenvalue weighted by Crippen LogP contribution is 2.43. The smallest absolute Gasteiger partial charge is 0.331 e. The van der Waals surface area contributed by atoms with Crippen molar-refractivity contribution < 1.29 is 34.1 Å². The maximum Gasteiger partial charge on any atom is 0.331 e. The minimum Gasteiger partial charge on any atom is -0.496 e. The summed E-state index contributed by atoms with van der Waals surface area (Å²) in [7, 11) is 2.97. The molecule has 1 amide bonds. The second kappa shape index (κ2) is 12.5. The van der Waals surface area contributed by atoms with Crippen LogP contribution in [0.15, 0.2) is 78.6 Å². The van der Waals surface area contributed by atoms with Gasteiger partial charge < -0.3 is 24.6 Å². The van der Waals surface area contributed by atoms with Crippen LogP contribution in [0.5, 0.6) is 11.5 Å². The Morgan fingerprint density at radius 2 is 1.71 bits per heavy atom. The van der Waals surface area contributed by atoms with Crippen LogP contribution in [0.2, 0.25) is 0 Å². The van der Waals surface area contributed by atoms with Crippen LogP contribution in [0.25, 0.3) is 11.3 Å². The Morgan fingerprint density at radius 3 is 2.27 bits per heavy atom. The summed E-state index contributed by atoms with van der Waals surface area (Å²) < 4.78 is 12.5. The summed E-state index contributed by atoms with van der Waals surface area (Å²) in [4.78, 5) is 36.5. The minimum atomic E-state index is -1.32. The van der Waals surface area contributed by atoms with Crippen molar-refractivity contribution in [2.45, 2.75) is 32.7 Å². The number of hydrogen-bond acceptors (Lipinski definition) is 6. The number of likely N-dealkylation sites (tertiary alicyclic amines) is 1. The fraction of sp³-hybridized carbons (Fsp3) is 0.290. The fourth-order valence-corrected chi connectivity index (χ4v) is 4.88. The first-order valence-corrected chi connectivity index (χ1v) is 13.1. The summed E-state index contributed by atoms with van der Waals surface area (Å²) in [5.41, 5.74) is 1.81. The summed E-state index contributed by atoms with van der Waals surface area (Å²) >= 11 is 0. The Bertz CT molecular complexity index is 1470. The van der Waals surface area contributed by atoms with E-state index >= 15 is 0 Å². The third-order valence-electron chi connectivity index (χ3n) is 7.04. The fourth-order valence-electron chi connectivity index (χ4n) is 4.88. The molecule has 0 bridgehead atoms. The van der Waals surface area contributed by atoms with Crippen molar-refractivity contribution in [3.05, 3.63) is 89.8 Å². The molecule has 2 heterocycles. The summed E-state index contributed by atoms with van der Waals surface area (Å²) in [6.45, 7) is 3.04. The molecule has 0 radical (unpaired) electrons. The Balaban J connectivity index is 0.000000194. The number of benzene rings is 2. The zero-order valence-corrected chi connectivity index (χ0v) is 23.2.